The lowest BCUT2D eigenvalue weighted by atomic mass is 10.1. The summed E-state index contributed by atoms with van der Waals surface area (Å²) in [6.45, 7) is -1.89. The number of aliphatic hydroxyl groups excluding tert-OH is 4. The maximum Gasteiger partial charge on any atom is 0.513 e. The summed E-state index contributed by atoms with van der Waals surface area (Å²) in [5, 5.41) is 42.0. The van der Waals surface area contributed by atoms with Crippen LogP contribution in [-0.4, -0.2) is 130 Å². The lowest BCUT2D eigenvalue weighted by Crippen LogP contribution is -2.34. The van der Waals surface area contributed by atoms with Gasteiger partial charge in [0.05, 0.1) is 19.3 Å². The van der Waals surface area contributed by atoms with Crippen LogP contribution in [0.4, 0.5) is 11.6 Å². The van der Waals surface area contributed by atoms with E-state index in [4.69, 9.17) is 30.0 Å². The third-order valence-electron chi connectivity index (χ3n) is 7.63. The fraction of sp³-hybridized carbons (Fsp3) is 0.524. The Hall–Kier alpha value is -2.39. The van der Waals surface area contributed by atoms with E-state index < -0.39 is 98.4 Å². The number of fused-ring (bicyclic) bond motifs is 2. The molecule has 6 rings (SSSR count). The standard InChI is InChI=1S/C21H30N10O17P4S/c22-16-10-18(26-3-24-16)30(5-28-10)20-14(34)12(32)8(45-20)1-43-49(36,37)7-50(38,39)47-51(40,41)48-52(42,53)44-2-9-13(33)15(35)21(46-9)31-6-29-11-17(23)25-4-27-19(11)31/h3-6,8-9,12-15,20-21,32-35H,1-2,7H2,(H,36,37)(H,38,39)(H,40,41)(H,42,53)(H2,22,24,26)(H2,23,25,27)/p-1/t8-,9-,12-,13-,14-,15-,20-,21-,52?/m1/s1. The minimum absolute atomic E-state index is 0.0104. The lowest BCUT2D eigenvalue weighted by molar-refractivity contribution is -0.205. The minimum Gasteiger partial charge on any atom is -0.648 e. The monoisotopic (exact) mass is 849 g/mol. The van der Waals surface area contributed by atoms with Crippen LogP contribution < -0.4 is 16.4 Å². The van der Waals surface area contributed by atoms with E-state index in [0.717, 1.165) is 12.7 Å². The zero-order valence-corrected chi connectivity index (χ0v) is 30.6. The van der Waals surface area contributed by atoms with Crippen LogP contribution in [0.15, 0.2) is 25.3 Å². The van der Waals surface area contributed by atoms with E-state index in [1.165, 1.54) is 21.8 Å². The van der Waals surface area contributed by atoms with E-state index in [-0.39, 0.29) is 34.0 Å². The number of aromatic nitrogens is 8. The Balaban J connectivity index is 1.01. The van der Waals surface area contributed by atoms with Crippen LogP contribution in [-0.2, 0) is 53.1 Å². The summed E-state index contributed by atoms with van der Waals surface area (Å²) in [5.74, 6) is -1.81. The summed E-state index contributed by atoms with van der Waals surface area (Å²) in [7, 11) is -21.9. The van der Waals surface area contributed by atoms with Crippen LogP contribution >= 0.6 is 30.2 Å². The number of anilines is 2. The van der Waals surface area contributed by atoms with Crippen molar-refractivity contribution in [2.24, 2.45) is 0 Å². The number of rotatable bonds is 14. The molecule has 2 aliphatic heterocycles. The first-order chi connectivity index (χ1) is 24.7. The Morgan fingerprint density at radius 1 is 0.774 bits per heavy atom. The molecule has 53 heavy (non-hydrogen) atoms. The molecule has 0 bridgehead atoms. The zero-order valence-electron chi connectivity index (χ0n) is 26.2. The van der Waals surface area contributed by atoms with Crippen molar-refractivity contribution < 1.29 is 80.8 Å². The van der Waals surface area contributed by atoms with Gasteiger partial charge in [0.2, 0.25) is 0 Å². The van der Waals surface area contributed by atoms with Crippen molar-refractivity contribution in [3.63, 3.8) is 0 Å². The Labute approximate surface area is 300 Å². The van der Waals surface area contributed by atoms with Gasteiger partial charge in [-0.05, 0) is 0 Å². The molecule has 12 atom stereocenters. The maximum absolute atomic E-state index is 12.7. The van der Waals surface area contributed by atoms with Crippen LogP contribution in [0.3, 0.4) is 0 Å². The molecule has 2 fully saturated rings. The van der Waals surface area contributed by atoms with Gasteiger partial charge in [0.25, 0.3) is 0 Å². The Bertz CT molecular complexity index is 2130. The van der Waals surface area contributed by atoms with Gasteiger partial charge in [0, 0.05) is 0 Å². The van der Waals surface area contributed by atoms with Gasteiger partial charge in [-0.3, -0.25) is 18.3 Å². The second kappa shape index (κ2) is 14.9. The fourth-order valence-corrected chi connectivity index (χ4v) is 12.6. The van der Waals surface area contributed by atoms with E-state index in [9.17, 15) is 53.7 Å². The molecule has 4 unspecified atom stereocenters. The number of nitrogens with two attached hydrogens (primary N) is 2. The summed E-state index contributed by atoms with van der Waals surface area (Å²) in [6.07, 6.45) is -7.84. The van der Waals surface area contributed by atoms with E-state index in [2.05, 4.69) is 50.8 Å². The molecule has 6 heterocycles. The molecule has 0 saturated carbocycles. The molecule has 0 amide bonds. The summed E-state index contributed by atoms with van der Waals surface area (Å²) < 4.78 is 69.3. The van der Waals surface area contributed by atoms with Gasteiger partial charge < -0.3 is 77.7 Å². The molecule has 11 N–H and O–H groups in total. The number of nitrogens with zero attached hydrogens (tertiary/aromatic N) is 8. The van der Waals surface area contributed by atoms with E-state index in [1.807, 2.05) is 0 Å². The highest BCUT2D eigenvalue weighted by atomic mass is 32.7. The van der Waals surface area contributed by atoms with Crippen molar-refractivity contribution >= 4 is 76.4 Å². The van der Waals surface area contributed by atoms with Crippen molar-refractivity contribution in [1.82, 2.24) is 39.0 Å². The van der Waals surface area contributed by atoms with Crippen molar-refractivity contribution in [2.45, 2.75) is 49.1 Å². The maximum atomic E-state index is 12.7. The topological polar surface area (TPSA) is 410 Å². The van der Waals surface area contributed by atoms with Gasteiger partial charge in [0.15, 0.2) is 41.3 Å². The SMILES string of the molecule is Nc1ncnc2c1ncn2[C@@H]1O[C@H](COP(=O)(O)CP(=O)(O)OP(=O)(O)O[P+]([O-])([S-])OC[C@H]2O[C@@H](n3cnc4c(N)ncnc43)[C@H](O)[C@@H]2O)[C@@H](O)[C@H]1O. The smallest absolute Gasteiger partial charge is 0.513 e. The molecule has 0 aliphatic carbocycles. The Morgan fingerprint density at radius 3 is 1.74 bits per heavy atom. The van der Waals surface area contributed by atoms with Crippen LogP contribution in [0, 0.1) is 0 Å². The highest BCUT2D eigenvalue weighted by Crippen LogP contribution is 2.72. The second-order valence-corrected chi connectivity index (χ2v) is 20.0. The molecule has 292 valence electrons. The second-order valence-electron chi connectivity index (χ2n) is 11.3. The summed E-state index contributed by atoms with van der Waals surface area (Å²) >= 11 is 4.55. The van der Waals surface area contributed by atoms with E-state index >= 15 is 0 Å². The molecule has 32 heteroatoms. The number of phosphoric acid groups is 1. The average molecular weight is 849 g/mol. The molecule has 2 saturated heterocycles. The van der Waals surface area contributed by atoms with Crippen molar-refractivity contribution in [2.75, 3.05) is 30.6 Å². The first-order valence-electron chi connectivity index (χ1n) is 14.6. The Kier molecular flexibility index (Phi) is 11.3. The molecular formula is C21H29N10O17P4S-. The lowest BCUT2D eigenvalue weighted by Gasteiger charge is -2.34. The molecule has 0 radical (unpaired) electrons. The molecule has 27 nitrogen and oxygen atoms in total. The largest absolute Gasteiger partial charge is 0.648 e. The van der Waals surface area contributed by atoms with Crippen LogP contribution in [0.25, 0.3) is 22.3 Å². The average Bonchev–Trinajstić information content (AvgIpc) is 3.80. The minimum atomic E-state index is -5.92. The third-order valence-corrected chi connectivity index (χ3v) is 15.9. The normalized spacial score (nSPS) is 31.0. The van der Waals surface area contributed by atoms with Gasteiger partial charge in [-0.25, -0.2) is 43.3 Å². The third kappa shape index (κ3) is 8.71. The van der Waals surface area contributed by atoms with Crippen LogP contribution in [0.2, 0.25) is 0 Å². The zero-order chi connectivity index (χ0) is 38.7. The van der Waals surface area contributed by atoms with Gasteiger partial charge in [-0.15, -0.1) is 4.31 Å². The van der Waals surface area contributed by atoms with Gasteiger partial charge in [-0.2, -0.15) is 0 Å². The highest BCUT2D eigenvalue weighted by Gasteiger charge is 2.49. The molecule has 0 spiro atoms. The first kappa shape index (κ1) is 40.3. The molecule has 0 aromatic carbocycles. The number of imidazole rings is 2. The predicted octanol–water partition coefficient (Wildman–Crippen LogP) is -2.85. The number of aliphatic hydroxyl groups is 4. The van der Waals surface area contributed by atoms with Crippen LogP contribution in [0.1, 0.15) is 12.5 Å². The summed E-state index contributed by atoms with van der Waals surface area (Å²) in [6, 6.07) is 0. The fourth-order valence-electron chi connectivity index (χ4n) is 5.28. The molecule has 4 aromatic rings. The van der Waals surface area contributed by atoms with Gasteiger partial charge >= 0.3 is 23.0 Å². The van der Waals surface area contributed by atoms with Gasteiger partial charge in [-0.1, -0.05) is 0 Å². The first-order valence-corrected chi connectivity index (χ1v) is 22.1. The molecule has 4 aromatic heterocycles. The van der Waals surface area contributed by atoms with Crippen molar-refractivity contribution in [1.29, 1.82) is 0 Å². The summed E-state index contributed by atoms with van der Waals surface area (Å²) in [4.78, 5) is 66.7. The molecular weight excluding hydrogens is 820 g/mol. The van der Waals surface area contributed by atoms with Crippen molar-refractivity contribution in [3.05, 3.63) is 25.3 Å². The van der Waals surface area contributed by atoms with Crippen LogP contribution in [0.5, 0.6) is 0 Å². The Morgan fingerprint density at radius 2 is 1.25 bits per heavy atom. The number of nitrogen functional groups attached to an aromatic ring is 2. The number of ether oxygens (including phenoxy) is 2. The quantitative estimate of drug-likeness (QED) is 0.0455. The highest BCUT2D eigenvalue weighted by molar-refractivity contribution is 8.35. The molecule has 2 aliphatic rings. The van der Waals surface area contributed by atoms with Gasteiger partial charge in [0.1, 0.15) is 74.1 Å². The van der Waals surface area contributed by atoms with Crippen molar-refractivity contribution in [3.8, 4) is 0 Å². The van der Waals surface area contributed by atoms with E-state index in [1.54, 1.807) is 0 Å². The predicted molar refractivity (Wildman–Crippen MR) is 174 cm³/mol. The summed E-state index contributed by atoms with van der Waals surface area (Å²) in [5.41, 5.74) is 12.0. The number of hydrogen-bond acceptors (Lipinski definition) is 23. The van der Waals surface area contributed by atoms with E-state index in [0.29, 0.717) is 0 Å². The number of hydrogen-bond donors (Lipinski definition) is 9.